The molecule has 2 saturated heterocycles. The Morgan fingerprint density at radius 3 is 2.66 bits per heavy atom. The molecule has 1 aromatic carbocycles. The number of aromatic hydroxyl groups is 1. The predicted octanol–water partition coefficient (Wildman–Crippen LogP) is 1.02. The van der Waals surface area contributed by atoms with Crippen LogP contribution in [0, 0.1) is 5.92 Å². The Hall–Kier alpha value is -1.38. The number of phenolic OH excluding ortho intramolecular Hbond substituents is 1. The first-order valence-corrected chi connectivity index (χ1v) is 11.0. The van der Waals surface area contributed by atoms with Crippen LogP contribution in [-0.2, 0) is 21.3 Å². The Morgan fingerprint density at radius 1 is 1.10 bits per heavy atom. The summed E-state index contributed by atoms with van der Waals surface area (Å²) < 4.78 is 18.7. The van der Waals surface area contributed by atoms with Crippen molar-refractivity contribution < 1.29 is 29.5 Å². The zero-order valence-corrected chi connectivity index (χ0v) is 16.3. The molecule has 5 atom stereocenters. The van der Waals surface area contributed by atoms with Crippen molar-refractivity contribution in [1.29, 1.82) is 0 Å². The second-order valence-electron chi connectivity index (χ2n) is 9.81. The van der Waals surface area contributed by atoms with Gasteiger partial charge in [0.05, 0.1) is 24.2 Å². The third-order valence-corrected chi connectivity index (χ3v) is 8.67. The number of hydrogen-bond donors (Lipinski definition) is 3. The molecule has 2 unspecified atom stereocenters. The Morgan fingerprint density at radius 2 is 1.90 bits per heavy atom. The lowest BCUT2D eigenvalue weighted by atomic mass is 9.48. The van der Waals surface area contributed by atoms with Gasteiger partial charge in [-0.3, -0.25) is 4.90 Å². The van der Waals surface area contributed by atoms with Crippen LogP contribution in [0.5, 0.6) is 11.5 Å². The Bertz CT molecular complexity index is 896. The van der Waals surface area contributed by atoms with Crippen molar-refractivity contribution in [1.82, 2.24) is 4.90 Å². The number of benzene rings is 1. The summed E-state index contributed by atoms with van der Waals surface area (Å²) in [6, 6.07) is 3.46. The van der Waals surface area contributed by atoms with Crippen molar-refractivity contribution in [3.63, 3.8) is 0 Å². The lowest BCUT2D eigenvalue weighted by molar-refractivity contribution is -0.303. The third-order valence-electron chi connectivity index (χ3n) is 8.67. The molecule has 7 heteroatoms. The van der Waals surface area contributed by atoms with Crippen molar-refractivity contribution in [2.24, 2.45) is 5.92 Å². The average Bonchev–Trinajstić information content (AvgIpc) is 3.34. The van der Waals surface area contributed by atoms with Gasteiger partial charge in [-0.15, -0.1) is 0 Å². The number of hydrogen-bond acceptors (Lipinski definition) is 7. The van der Waals surface area contributed by atoms with E-state index in [1.165, 1.54) is 0 Å². The Balaban J connectivity index is 1.45. The highest BCUT2D eigenvalue weighted by Crippen LogP contribution is 2.68. The first kappa shape index (κ1) is 17.3. The van der Waals surface area contributed by atoms with Crippen LogP contribution in [0.4, 0.5) is 0 Å². The molecule has 3 aliphatic carbocycles. The number of likely N-dealkylation sites (tertiary alicyclic amines) is 1. The summed E-state index contributed by atoms with van der Waals surface area (Å²) in [5.74, 6) is 0.0352. The van der Waals surface area contributed by atoms with Crippen molar-refractivity contribution in [3.05, 3.63) is 23.3 Å². The molecular formula is C22H27NO6. The van der Waals surface area contributed by atoms with E-state index < -0.39 is 29.1 Å². The fourth-order valence-electron chi connectivity index (χ4n) is 7.28. The van der Waals surface area contributed by atoms with Gasteiger partial charge in [-0.25, -0.2) is 0 Å². The van der Waals surface area contributed by atoms with Gasteiger partial charge in [0, 0.05) is 24.6 Å². The van der Waals surface area contributed by atoms with Crippen LogP contribution in [-0.4, -0.2) is 69.7 Å². The molecule has 2 spiro atoms. The standard InChI is InChI=1S/C22H27NO6/c24-14-4-3-13-11-15-21(26)5-6-22(27-9-10-28-22)19-20(21,16(13)17(14)29-19)7-8-23(15)18(25)12-1-2-12/h3-4,12,15,18-19,24-26H,1-2,5-11H2/t15-,18?,19-,20?,21-/m1/s1. The highest BCUT2D eigenvalue weighted by Gasteiger charge is 2.77. The van der Waals surface area contributed by atoms with E-state index in [0.717, 1.165) is 24.0 Å². The number of aliphatic hydroxyl groups excluding tert-OH is 1. The summed E-state index contributed by atoms with van der Waals surface area (Å²) in [5.41, 5.74) is 0.290. The quantitative estimate of drug-likeness (QED) is 0.681. The van der Waals surface area contributed by atoms with Crippen LogP contribution < -0.4 is 4.74 Å². The van der Waals surface area contributed by atoms with Gasteiger partial charge in [0.15, 0.2) is 17.6 Å². The molecule has 3 N–H and O–H groups in total. The van der Waals surface area contributed by atoms with Crippen molar-refractivity contribution in [2.45, 2.75) is 73.7 Å². The molecule has 156 valence electrons. The minimum Gasteiger partial charge on any atom is -0.504 e. The molecule has 0 radical (unpaired) electrons. The number of ether oxygens (including phenoxy) is 3. The molecule has 6 aliphatic rings. The fraction of sp³-hybridized carbons (Fsp3) is 0.727. The number of fused-ring (bicyclic) bond motifs is 1. The number of phenols is 1. The maximum atomic E-state index is 12.3. The van der Waals surface area contributed by atoms with Crippen molar-refractivity contribution in [3.8, 4) is 11.5 Å². The molecule has 2 saturated carbocycles. The minimum atomic E-state index is -1.06. The normalized spacial score (nSPS) is 42.6. The zero-order valence-electron chi connectivity index (χ0n) is 16.3. The van der Waals surface area contributed by atoms with Crippen molar-refractivity contribution >= 4 is 0 Å². The van der Waals surface area contributed by atoms with Crippen LogP contribution >= 0.6 is 0 Å². The summed E-state index contributed by atoms with van der Waals surface area (Å²) in [7, 11) is 0. The van der Waals surface area contributed by atoms with Crippen LogP contribution in [0.15, 0.2) is 12.1 Å². The molecule has 0 amide bonds. The molecule has 4 fully saturated rings. The Labute approximate surface area is 169 Å². The van der Waals surface area contributed by atoms with E-state index in [1.54, 1.807) is 6.07 Å². The molecule has 1 aromatic rings. The lowest BCUT2D eigenvalue weighted by Gasteiger charge is -2.65. The molecule has 0 aromatic heterocycles. The highest BCUT2D eigenvalue weighted by molar-refractivity contribution is 5.62. The van der Waals surface area contributed by atoms with Gasteiger partial charge in [0.25, 0.3) is 0 Å². The summed E-state index contributed by atoms with van der Waals surface area (Å²) in [6.45, 7) is 1.72. The summed E-state index contributed by atoms with van der Waals surface area (Å²) in [5, 5.41) is 33.9. The van der Waals surface area contributed by atoms with Crippen LogP contribution in [0.1, 0.15) is 43.2 Å². The van der Waals surface area contributed by atoms with E-state index in [-0.39, 0.29) is 11.8 Å². The van der Waals surface area contributed by atoms with E-state index in [4.69, 9.17) is 14.2 Å². The van der Waals surface area contributed by atoms with Gasteiger partial charge in [-0.1, -0.05) is 6.07 Å². The smallest absolute Gasteiger partial charge is 0.207 e. The summed E-state index contributed by atoms with van der Waals surface area (Å²) >= 11 is 0. The van der Waals surface area contributed by atoms with Crippen LogP contribution in [0.25, 0.3) is 0 Å². The van der Waals surface area contributed by atoms with Gasteiger partial charge >= 0.3 is 0 Å². The second-order valence-corrected chi connectivity index (χ2v) is 9.81. The zero-order chi connectivity index (χ0) is 19.6. The SMILES string of the molecule is Oc1ccc2c3c1O[C@H]1C4(CC[C@@]5(O)[C@@H](C2)N(C(O)C2CC2)CCC315)OCCO4. The van der Waals surface area contributed by atoms with E-state index >= 15 is 0 Å². The van der Waals surface area contributed by atoms with Gasteiger partial charge in [-0.05, 0) is 49.7 Å². The van der Waals surface area contributed by atoms with E-state index in [0.29, 0.717) is 57.1 Å². The monoisotopic (exact) mass is 401 g/mol. The summed E-state index contributed by atoms with van der Waals surface area (Å²) in [4.78, 5) is 2.14. The fourth-order valence-corrected chi connectivity index (χ4v) is 7.28. The predicted molar refractivity (Wildman–Crippen MR) is 101 cm³/mol. The molecule has 2 bridgehead atoms. The molecule has 7 rings (SSSR count). The van der Waals surface area contributed by atoms with Crippen LogP contribution in [0.2, 0.25) is 0 Å². The van der Waals surface area contributed by atoms with Gasteiger partial charge < -0.3 is 29.5 Å². The molecule has 29 heavy (non-hydrogen) atoms. The summed E-state index contributed by atoms with van der Waals surface area (Å²) in [6.07, 6.45) is 3.47. The topological polar surface area (TPSA) is 91.6 Å². The first-order valence-electron chi connectivity index (χ1n) is 11.0. The number of nitrogens with zero attached hydrogens (tertiary/aromatic N) is 1. The second kappa shape index (κ2) is 5.26. The number of rotatable bonds is 2. The minimum absolute atomic E-state index is 0.113. The van der Waals surface area contributed by atoms with Crippen LogP contribution in [0.3, 0.4) is 0 Å². The van der Waals surface area contributed by atoms with Gasteiger partial charge in [0.1, 0.15) is 6.23 Å². The van der Waals surface area contributed by atoms with Gasteiger partial charge in [-0.2, -0.15) is 0 Å². The molecule has 3 aliphatic heterocycles. The average molecular weight is 401 g/mol. The van der Waals surface area contributed by atoms with E-state index in [9.17, 15) is 15.3 Å². The molecular weight excluding hydrogens is 374 g/mol. The molecule has 7 nitrogen and oxygen atoms in total. The maximum absolute atomic E-state index is 12.3. The Kier molecular flexibility index (Phi) is 3.14. The van der Waals surface area contributed by atoms with Gasteiger partial charge in [0.2, 0.25) is 5.79 Å². The third kappa shape index (κ3) is 1.84. The number of aliphatic hydroxyl groups is 2. The number of piperidine rings is 1. The lowest BCUT2D eigenvalue weighted by Crippen LogP contribution is -2.80. The molecule has 3 heterocycles. The first-order chi connectivity index (χ1) is 14.0. The maximum Gasteiger partial charge on any atom is 0.207 e. The van der Waals surface area contributed by atoms with E-state index in [2.05, 4.69) is 4.90 Å². The van der Waals surface area contributed by atoms with Crippen molar-refractivity contribution in [2.75, 3.05) is 19.8 Å². The van der Waals surface area contributed by atoms with E-state index in [1.807, 2.05) is 6.07 Å². The highest BCUT2D eigenvalue weighted by atomic mass is 16.8. The largest absolute Gasteiger partial charge is 0.504 e.